The standard InChI is InChI=1S/C22H20N2O4/c25-21(8-6-15-5-7-19-20(13-15)27-14-26-19)24-11-9-16(10-12-24)22-23-17-3-1-2-4-18(17)28-22/h1-8,13,16H,9-12,14H2. The van der Waals surface area contributed by atoms with E-state index in [-0.39, 0.29) is 18.6 Å². The SMILES string of the molecule is O=C(C=Cc1ccc2c(c1)OCO2)N1CCC(c2nc3ccccc3o2)CC1. The zero-order valence-corrected chi connectivity index (χ0v) is 15.3. The average molecular weight is 376 g/mol. The van der Waals surface area contributed by atoms with Crippen LogP contribution in [0.3, 0.4) is 0 Å². The molecule has 3 aromatic rings. The number of ether oxygens (including phenoxy) is 2. The molecule has 0 unspecified atom stereocenters. The Hall–Kier alpha value is -3.28. The van der Waals surface area contributed by atoms with Crippen LogP contribution >= 0.6 is 0 Å². The van der Waals surface area contributed by atoms with Crippen LogP contribution in [0.1, 0.15) is 30.2 Å². The zero-order valence-electron chi connectivity index (χ0n) is 15.3. The van der Waals surface area contributed by atoms with Crippen molar-refractivity contribution >= 4 is 23.1 Å². The van der Waals surface area contributed by atoms with E-state index in [1.165, 1.54) is 0 Å². The third kappa shape index (κ3) is 3.22. The molecular formula is C22H20N2O4. The number of carbonyl (C=O) groups is 1. The average Bonchev–Trinajstić information content (AvgIpc) is 3.38. The van der Waals surface area contributed by atoms with Gasteiger partial charge in [-0.05, 0) is 48.7 Å². The van der Waals surface area contributed by atoms with Crippen molar-refractivity contribution in [2.75, 3.05) is 19.9 Å². The van der Waals surface area contributed by atoms with Gasteiger partial charge in [-0.3, -0.25) is 4.79 Å². The predicted octanol–water partition coefficient (Wildman–Crippen LogP) is 3.98. The number of fused-ring (bicyclic) bond motifs is 2. The first-order chi connectivity index (χ1) is 13.8. The van der Waals surface area contributed by atoms with Gasteiger partial charge in [0.1, 0.15) is 5.52 Å². The predicted molar refractivity (Wildman–Crippen MR) is 104 cm³/mol. The number of nitrogens with zero attached hydrogens (tertiary/aromatic N) is 2. The fourth-order valence-electron chi connectivity index (χ4n) is 3.70. The van der Waals surface area contributed by atoms with Gasteiger partial charge in [-0.1, -0.05) is 18.2 Å². The van der Waals surface area contributed by atoms with Gasteiger partial charge >= 0.3 is 0 Å². The summed E-state index contributed by atoms with van der Waals surface area (Å²) in [4.78, 5) is 19.0. The normalized spacial score (nSPS) is 16.9. The summed E-state index contributed by atoms with van der Waals surface area (Å²) in [7, 11) is 0. The molecule has 6 nitrogen and oxygen atoms in total. The Kier molecular flexibility index (Phi) is 4.24. The number of hydrogen-bond acceptors (Lipinski definition) is 5. The lowest BCUT2D eigenvalue weighted by Gasteiger charge is -2.29. The minimum absolute atomic E-state index is 0.0219. The first-order valence-corrected chi connectivity index (χ1v) is 9.48. The van der Waals surface area contributed by atoms with Gasteiger partial charge < -0.3 is 18.8 Å². The summed E-state index contributed by atoms with van der Waals surface area (Å²) in [5.74, 6) is 2.52. The number of likely N-dealkylation sites (tertiary alicyclic amines) is 1. The monoisotopic (exact) mass is 376 g/mol. The highest BCUT2D eigenvalue weighted by atomic mass is 16.7. The largest absolute Gasteiger partial charge is 0.454 e. The van der Waals surface area contributed by atoms with Gasteiger partial charge in [0.05, 0.1) is 0 Å². The summed E-state index contributed by atoms with van der Waals surface area (Å²) >= 11 is 0. The Bertz CT molecular complexity index is 1010. The molecule has 2 aliphatic heterocycles. The van der Waals surface area contributed by atoms with Crippen molar-refractivity contribution < 1.29 is 18.7 Å². The Labute approximate surface area is 162 Å². The van der Waals surface area contributed by atoms with Crippen LogP contribution in [0.5, 0.6) is 11.5 Å². The molecule has 1 saturated heterocycles. The first kappa shape index (κ1) is 16.9. The molecule has 0 bridgehead atoms. The van der Waals surface area contributed by atoms with Crippen LogP contribution in [-0.4, -0.2) is 35.7 Å². The summed E-state index contributed by atoms with van der Waals surface area (Å²) in [5.41, 5.74) is 2.63. The number of amides is 1. The van der Waals surface area contributed by atoms with Gasteiger partial charge in [0, 0.05) is 25.1 Å². The first-order valence-electron chi connectivity index (χ1n) is 9.48. The number of piperidine rings is 1. The molecule has 2 aromatic carbocycles. The molecule has 5 rings (SSSR count). The minimum atomic E-state index is 0.0219. The van der Waals surface area contributed by atoms with E-state index in [4.69, 9.17) is 13.9 Å². The van der Waals surface area contributed by atoms with E-state index in [1.807, 2.05) is 53.4 Å². The molecule has 1 amide bonds. The van der Waals surface area contributed by atoms with Crippen molar-refractivity contribution in [3.63, 3.8) is 0 Å². The van der Waals surface area contributed by atoms with Gasteiger partial charge in [0.25, 0.3) is 0 Å². The van der Waals surface area contributed by atoms with Crippen molar-refractivity contribution in [2.45, 2.75) is 18.8 Å². The number of carbonyl (C=O) groups excluding carboxylic acids is 1. The lowest BCUT2D eigenvalue weighted by molar-refractivity contribution is -0.127. The van der Waals surface area contributed by atoms with E-state index in [0.29, 0.717) is 18.8 Å². The number of rotatable bonds is 3. The maximum Gasteiger partial charge on any atom is 0.246 e. The second-order valence-corrected chi connectivity index (χ2v) is 7.07. The second kappa shape index (κ2) is 7.03. The molecule has 3 heterocycles. The Morgan fingerprint density at radius 3 is 2.75 bits per heavy atom. The number of hydrogen-bond donors (Lipinski definition) is 0. The summed E-state index contributed by atoms with van der Waals surface area (Å²) in [5, 5.41) is 0. The third-order valence-corrected chi connectivity index (χ3v) is 5.28. The molecule has 6 heteroatoms. The fraction of sp³-hybridized carbons (Fsp3) is 0.273. The summed E-state index contributed by atoms with van der Waals surface area (Å²) in [6.07, 6.45) is 5.15. The quantitative estimate of drug-likeness (QED) is 0.647. The zero-order chi connectivity index (χ0) is 18.9. The van der Waals surface area contributed by atoms with Crippen LogP contribution in [0.4, 0.5) is 0 Å². The molecule has 0 N–H and O–H groups in total. The maximum atomic E-state index is 12.5. The highest BCUT2D eigenvalue weighted by Crippen LogP contribution is 2.33. The molecule has 1 aromatic heterocycles. The molecule has 0 aliphatic carbocycles. The molecule has 0 atom stereocenters. The molecule has 0 radical (unpaired) electrons. The topological polar surface area (TPSA) is 64.8 Å². The minimum Gasteiger partial charge on any atom is -0.454 e. The van der Waals surface area contributed by atoms with E-state index in [2.05, 4.69) is 4.98 Å². The van der Waals surface area contributed by atoms with Crippen LogP contribution in [0.25, 0.3) is 17.2 Å². The number of benzene rings is 2. The van der Waals surface area contributed by atoms with Gasteiger partial charge in [0.15, 0.2) is 23.0 Å². The van der Waals surface area contributed by atoms with E-state index < -0.39 is 0 Å². The van der Waals surface area contributed by atoms with Crippen LogP contribution in [0, 0.1) is 0 Å². The Morgan fingerprint density at radius 2 is 1.89 bits per heavy atom. The van der Waals surface area contributed by atoms with Crippen molar-refractivity contribution in [2.24, 2.45) is 0 Å². The second-order valence-electron chi connectivity index (χ2n) is 7.07. The Morgan fingerprint density at radius 1 is 1.07 bits per heavy atom. The number of para-hydroxylation sites is 2. The van der Waals surface area contributed by atoms with Crippen molar-refractivity contribution in [1.82, 2.24) is 9.88 Å². The summed E-state index contributed by atoms with van der Waals surface area (Å²) < 4.78 is 16.6. The van der Waals surface area contributed by atoms with Gasteiger partial charge in [-0.25, -0.2) is 4.98 Å². The molecule has 28 heavy (non-hydrogen) atoms. The number of aromatic nitrogens is 1. The lowest BCUT2D eigenvalue weighted by Crippen LogP contribution is -2.36. The molecule has 0 spiro atoms. The highest BCUT2D eigenvalue weighted by molar-refractivity contribution is 5.92. The van der Waals surface area contributed by atoms with Gasteiger partial charge in [-0.15, -0.1) is 0 Å². The molecular weight excluding hydrogens is 356 g/mol. The van der Waals surface area contributed by atoms with Crippen LogP contribution in [-0.2, 0) is 4.79 Å². The van der Waals surface area contributed by atoms with Gasteiger partial charge in [0.2, 0.25) is 12.7 Å². The highest BCUT2D eigenvalue weighted by Gasteiger charge is 2.26. The van der Waals surface area contributed by atoms with Crippen molar-refractivity contribution in [3.8, 4) is 11.5 Å². The summed E-state index contributed by atoms with van der Waals surface area (Å²) in [6, 6.07) is 13.5. The third-order valence-electron chi connectivity index (χ3n) is 5.28. The van der Waals surface area contributed by atoms with E-state index in [0.717, 1.165) is 41.1 Å². The lowest BCUT2D eigenvalue weighted by atomic mass is 9.96. The van der Waals surface area contributed by atoms with Gasteiger partial charge in [-0.2, -0.15) is 0 Å². The van der Waals surface area contributed by atoms with E-state index in [1.54, 1.807) is 6.08 Å². The van der Waals surface area contributed by atoms with E-state index in [9.17, 15) is 4.79 Å². The van der Waals surface area contributed by atoms with E-state index >= 15 is 0 Å². The van der Waals surface area contributed by atoms with Crippen LogP contribution in [0.15, 0.2) is 53.0 Å². The van der Waals surface area contributed by atoms with Crippen molar-refractivity contribution in [3.05, 3.63) is 60.0 Å². The Balaban J connectivity index is 1.21. The van der Waals surface area contributed by atoms with Crippen molar-refractivity contribution in [1.29, 1.82) is 0 Å². The molecule has 2 aliphatic rings. The van der Waals surface area contributed by atoms with Crippen LogP contribution < -0.4 is 9.47 Å². The number of oxazole rings is 1. The smallest absolute Gasteiger partial charge is 0.246 e. The summed E-state index contributed by atoms with van der Waals surface area (Å²) in [6.45, 7) is 1.65. The molecule has 142 valence electrons. The fourth-order valence-corrected chi connectivity index (χ4v) is 3.70. The molecule has 1 fully saturated rings. The molecule has 0 saturated carbocycles. The maximum absolute atomic E-state index is 12.5. The van der Waals surface area contributed by atoms with Crippen LogP contribution in [0.2, 0.25) is 0 Å².